The molecule has 0 aliphatic carbocycles. The molecule has 0 saturated carbocycles. The van der Waals surface area contributed by atoms with Gasteiger partial charge in [-0.3, -0.25) is 4.57 Å². The first-order valence-corrected chi connectivity index (χ1v) is 18.8. The number of aromatic nitrogens is 4. The fourth-order valence-corrected chi connectivity index (χ4v) is 8.59. The Balaban J connectivity index is 1.09. The molecule has 0 aliphatic rings. The van der Waals surface area contributed by atoms with Gasteiger partial charge in [0.25, 0.3) is 0 Å². The van der Waals surface area contributed by atoms with Crippen molar-refractivity contribution >= 4 is 44.6 Å². The SMILES string of the molecule is [2H]C([2H])([2H])n1[cH+]n(-c2cccc(Sc3ccc4c5ccccc5n(-c5cc(-c6c(-c7ccccc7)cccc6-c6ccccc6)ccn5)c4c3)c2)c2ccccc21. The van der Waals surface area contributed by atoms with Gasteiger partial charge in [-0.2, -0.15) is 4.57 Å². The normalized spacial score (nSPS) is 12.6. The molecule has 0 fully saturated rings. The predicted octanol–water partition coefficient (Wildman–Crippen LogP) is 12.9. The number of hydrogen-bond donors (Lipinski definition) is 0. The van der Waals surface area contributed by atoms with Crippen molar-refractivity contribution < 1.29 is 4.11 Å². The molecule has 3 heterocycles. The first kappa shape index (κ1) is 28.8. The topological polar surface area (TPSA) is 27.7 Å². The van der Waals surface area contributed by atoms with Crippen molar-refractivity contribution in [3.8, 4) is 44.9 Å². The lowest BCUT2D eigenvalue weighted by molar-refractivity contribution is 0.909. The molecular weight excluding hydrogens is 677 g/mol. The highest BCUT2D eigenvalue weighted by atomic mass is 32.2. The zero-order chi connectivity index (χ0) is 38.5. The van der Waals surface area contributed by atoms with Gasteiger partial charge in [0, 0.05) is 62.1 Å². The molecule has 0 atom stereocenters. The third-order valence-electron chi connectivity index (χ3n) is 10.1. The number of pyridine rings is 1. The molecule has 0 N–H and O–H groups in total. The lowest BCUT2D eigenvalue weighted by atomic mass is 9.88. The summed E-state index contributed by atoms with van der Waals surface area (Å²) in [6.07, 6.45) is 3.60. The lowest BCUT2D eigenvalue weighted by Gasteiger charge is -2.17. The Kier molecular flexibility index (Phi) is 7.14. The molecule has 4 nitrogen and oxygen atoms in total. The predicted molar refractivity (Wildman–Crippen MR) is 226 cm³/mol. The summed E-state index contributed by atoms with van der Waals surface area (Å²) in [7, 11) is 0. The molecule has 0 spiro atoms. The van der Waals surface area contributed by atoms with Crippen molar-refractivity contribution in [3.05, 3.63) is 195 Å². The average molecular weight is 715 g/mol. The van der Waals surface area contributed by atoms with E-state index in [4.69, 9.17) is 9.10 Å². The van der Waals surface area contributed by atoms with E-state index in [1.807, 2.05) is 47.2 Å². The molecule has 3 aromatic heterocycles. The van der Waals surface area contributed by atoms with Crippen LogP contribution in [0.1, 0.15) is 4.11 Å². The summed E-state index contributed by atoms with van der Waals surface area (Å²) in [4.78, 5) is 7.15. The van der Waals surface area contributed by atoms with Crippen molar-refractivity contribution in [1.82, 2.24) is 18.7 Å². The van der Waals surface area contributed by atoms with E-state index in [1.54, 1.807) is 18.1 Å². The number of rotatable bonds is 7. The van der Waals surface area contributed by atoms with Crippen LogP contribution in [-0.2, 0) is 6.98 Å². The zero-order valence-corrected chi connectivity index (χ0v) is 30.0. The highest BCUT2D eigenvalue weighted by Crippen LogP contribution is 2.42. The second-order valence-corrected chi connectivity index (χ2v) is 14.5. The third kappa shape index (κ3) is 5.58. The van der Waals surface area contributed by atoms with Gasteiger partial charge in [-0.1, -0.05) is 115 Å². The van der Waals surface area contributed by atoms with E-state index in [1.165, 1.54) is 15.7 Å². The molecule has 10 rings (SSSR count). The van der Waals surface area contributed by atoms with Gasteiger partial charge in [-0.25, -0.2) is 9.55 Å². The summed E-state index contributed by atoms with van der Waals surface area (Å²) < 4.78 is 30.0. The number of imidazole rings is 1. The van der Waals surface area contributed by atoms with E-state index in [-0.39, 0.29) is 0 Å². The summed E-state index contributed by atoms with van der Waals surface area (Å²) in [5.41, 5.74) is 11.4. The van der Waals surface area contributed by atoms with Crippen molar-refractivity contribution in [3.63, 3.8) is 0 Å². The van der Waals surface area contributed by atoms with E-state index in [2.05, 4.69) is 150 Å². The summed E-state index contributed by atoms with van der Waals surface area (Å²) in [6.45, 7) is -2.30. The maximum atomic E-state index is 8.13. The molecule has 10 aromatic rings. The van der Waals surface area contributed by atoms with E-state index >= 15 is 0 Å². The van der Waals surface area contributed by atoms with Crippen molar-refractivity contribution in [2.24, 2.45) is 6.98 Å². The minimum absolute atomic E-state index is 0.659. The maximum Gasteiger partial charge on any atom is 0.191 e. The molecule has 0 bridgehead atoms. The smallest absolute Gasteiger partial charge is 0.191 e. The summed E-state index contributed by atoms with van der Waals surface area (Å²) >= 11 is 1.68. The monoisotopic (exact) mass is 714 g/mol. The summed E-state index contributed by atoms with van der Waals surface area (Å²) in [6, 6.07) is 63.1. The fourth-order valence-electron chi connectivity index (χ4n) is 7.69. The van der Waals surface area contributed by atoms with Gasteiger partial charge < -0.3 is 0 Å². The summed E-state index contributed by atoms with van der Waals surface area (Å²) in [5.74, 6) is 0.840. The Hall–Kier alpha value is -6.69. The number of aryl methyl sites for hydroxylation is 1. The maximum absolute atomic E-state index is 8.13. The first-order valence-electron chi connectivity index (χ1n) is 19.5. The quantitative estimate of drug-likeness (QED) is 0.154. The number of hydrogen-bond acceptors (Lipinski definition) is 2. The Morgan fingerprint density at radius 2 is 1.17 bits per heavy atom. The van der Waals surface area contributed by atoms with Gasteiger partial charge in [0.1, 0.15) is 11.5 Å². The fraction of sp³-hybridized carbons (Fsp3) is 0.0204. The van der Waals surface area contributed by atoms with Crippen LogP contribution in [0.3, 0.4) is 0 Å². The van der Waals surface area contributed by atoms with Crippen molar-refractivity contribution in [2.45, 2.75) is 9.79 Å². The second-order valence-electron chi connectivity index (χ2n) is 13.3. The van der Waals surface area contributed by atoms with Crippen LogP contribution in [-0.4, -0.2) is 18.7 Å². The number of para-hydroxylation sites is 3. The van der Waals surface area contributed by atoms with Crippen LogP contribution in [0.25, 0.3) is 77.7 Å². The van der Waals surface area contributed by atoms with Crippen LogP contribution in [0.5, 0.6) is 0 Å². The minimum Gasteiger partial charge on any atom is -0.294 e. The molecule has 7 aromatic carbocycles. The molecule has 54 heavy (non-hydrogen) atoms. The van der Waals surface area contributed by atoms with Crippen LogP contribution in [0.2, 0.25) is 0 Å². The number of nitrogens with zero attached hydrogens (tertiary/aromatic N) is 4. The van der Waals surface area contributed by atoms with Crippen molar-refractivity contribution in [2.75, 3.05) is 0 Å². The van der Waals surface area contributed by atoms with Gasteiger partial charge in [0.05, 0.1) is 11.0 Å². The van der Waals surface area contributed by atoms with Gasteiger partial charge in [-0.05, 0) is 88.0 Å². The minimum atomic E-state index is -2.30. The molecule has 0 unspecified atom stereocenters. The molecule has 0 saturated heterocycles. The Bertz CT molecular complexity index is 3040. The molecule has 5 heteroatoms. The molecule has 0 radical (unpaired) electrons. The Labute approximate surface area is 322 Å². The molecule has 0 amide bonds. The largest absolute Gasteiger partial charge is 0.294 e. The van der Waals surface area contributed by atoms with E-state index in [0.29, 0.717) is 5.52 Å². The van der Waals surface area contributed by atoms with Crippen LogP contribution < -0.4 is 0 Å². The van der Waals surface area contributed by atoms with E-state index in [0.717, 1.165) is 70.9 Å². The van der Waals surface area contributed by atoms with Crippen molar-refractivity contribution in [1.29, 1.82) is 0 Å². The standard InChI is InChI=1S/C49H35N4S/c1-51-33-52(46-25-11-10-24-45(46)51)37-18-12-19-38(31-37)54-39-26-27-43-42-20-8-9-23-44(42)53(47(43)32-39)48-30-36(28-29-50-48)49-40(34-14-4-2-5-15-34)21-13-22-41(49)35-16-6-3-7-17-35/h2-33H,1H3/q+1/i1D3. The number of fused-ring (bicyclic) bond motifs is 4. The molecular formula is C49H35N4S+. The molecule has 0 aliphatic heterocycles. The van der Waals surface area contributed by atoms with Crippen LogP contribution >= 0.6 is 11.8 Å². The van der Waals surface area contributed by atoms with Gasteiger partial charge in [0.2, 0.25) is 0 Å². The second kappa shape index (κ2) is 13.4. The number of benzene rings is 7. The zero-order valence-electron chi connectivity index (χ0n) is 32.2. The average Bonchev–Trinajstić information content (AvgIpc) is 3.81. The Morgan fingerprint density at radius 3 is 1.93 bits per heavy atom. The van der Waals surface area contributed by atoms with Crippen LogP contribution in [0.4, 0.5) is 0 Å². The van der Waals surface area contributed by atoms with Crippen LogP contribution in [0.15, 0.2) is 204 Å². The van der Waals surface area contributed by atoms with E-state index in [9.17, 15) is 0 Å². The highest BCUT2D eigenvalue weighted by Gasteiger charge is 2.19. The van der Waals surface area contributed by atoms with Gasteiger partial charge >= 0.3 is 0 Å². The first-order chi connectivity index (χ1) is 27.9. The Morgan fingerprint density at radius 1 is 0.519 bits per heavy atom. The highest BCUT2D eigenvalue weighted by molar-refractivity contribution is 7.99. The van der Waals surface area contributed by atoms with E-state index < -0.39 is 6.98 Å². The lowest BCUT2D eigenvalue weighted by Crippen LogP contribution is -1.99. The summed E-state index contributed by atoms with van der Waals surface area (Å²) in [5, 5.41) is 2.31. The van der Waals surface area contributed by atoms with Gasteiger partial charge in [0.15, 0.2) is 17.4 Å². The molecule has 256 valence electrons. The van der Waals surface area contributed by atoms with Crippen LogP contribution in [0, 0.1) is 0 Å². The van der Waals surface area contributed by atoms with Gasteiger partial charge in [-0.15, -0.1) is 0 Å². The third-order valence-corrected chi connectivity index (χ3v) is 11.1.